The van der Waals surface area contributed by atoms with Gasteiger partial charge in [0.2, 0.25) is 0 Å². The van der Waals surface area contributed by atoms with Gasteiger partial charge in [0.1, 0.15) is 5.82 Å². The molecule has 0 bridgehead atoms. The van der Waals surface area contributed by atoms with Gasteiger partial charge in [0.25, 0.3) is 5.91 Å². The smallest absolute Gasteiger partial charge is 0.251 e. The van der Waals surface area contributed by atoms with Crippen molar-refractivity contribution >= 4 is 34.6 Å². The molecule has 6 nitrogen and oxygen atoms in total. The fourth-order valence-corrected chi connectivity index (χ4v) is 4.35. The predicted octanol–water partition coefficient (Wildman–Crippen LogP) is 6.56. The van der Waals surface area contributed by atoms with E-state index >= 15 is 0 Å². The van der Waals surface area contributed by atoms with Crippen LogP contribution in [0.2, 0.25) is 5.02 Å². The quantitative estimate of drug-likeness (QED) is 0.216. The Hall–Kier alpha value is -3.77. The van der Waals surface area contributed by atoms with Gasteiger partial charge in [0.15, 0.2) is 11.5 Å². The van der Waals surface area contributed by atoms with Gasteiger partial charge >= 0.3 is 0 Å². The Balaban J connectivity index is 1.33. The van der Waals surface area contributed by atoms with Crippen molar-refractivity contribution in [1.82, 2.24) is 14.9 Å². The van der Waals surface area contributed by atoms with Gasteiger partial charge in [-0.2, -0.15) is 0 Å². The van der Waals surface area contributed by atoms with Crippen molar-refractivity contribution in [2.24, 2.45) is 0 Å². The minimum atomic E-state index is -0.100. The molecule has 4 aromatic rings. The number of aromatic nitrogens is 2. The molecular formula is C30H32ClN3O3. The van der Waals surface area contributed by atoms with E-state index in [0.29, 0.717) is 23.7 Å². The van der Waals surface area contributed by atoms with Crippen LogP contribution in [0.25, 0.3) is 17.1 Å². The maximum atomic E-state index is 12.4. The molecule has 0 aliphatic heterocycles. The van der Waals surface area contributed by atoms with E-state index in [2.05, 4.69) is 16.0 Å². The number of nitrogens with one attached hydrogen (secondary N) is 1. The minimum Gasteiger partial charge on any atom is -0.493 e. The molecule has 1 amide bonds. The van der Waals surface area contributed by atoms with E-state index in [1.165, 1.54) is 0 Å². The Labute approximate surface area is 222 Å². The number of aryl methyl sites for hydroxylation is 2. The Morgan fingerprint density at radius 2 is 1.86 bits per heavy atom. The van der Waals surface area contributed by atoms with Gasteiger partial charge in [-0.1, -0.05) is 42.0 Å². The highest BCUT2D eigenvalue weighted by Crippen LogP contribution is 2.29. The molecular weight excluding hydrogens is 486 g/mol. The van der Waals surface area contributed by atoms with Crippen LogP contribution in [0.5, 0.6) is 11.5 Å². The summed E-state index contributed by atoms with van der Waals surface area (Å²) in [5, 5.41) is 3.59. The molecule has 7 heteroatoms. The number of para-hydroxylation sites is 2. The lowest BCUT2D eigenvalue weighted by molar-refractivity contribution is 0.0953. The van der Waals surface area contributed by atoms with Crippen LogP contribution in [-0.2, 0) is 13.0 Å². The Morgan fingerprint density at radius 1 is 1.05 bits per heavy atom. The van der Waals surface area contributed by atoms with E-state index in [1.54, 1.807) is 31.4 Å². The topological polar surface area (TPSA) is 65.4 Å². The van der Waals surface area contributed by atoms with E-state index in [9.17, 15) is 4.79 Å². The number of methoxy groups -OCH3 is 1. The molecule has 0 saturated carbocycles. The summed E-state index contributed by atoms with van der Waals surface area (Å²) < 4.78 is 13.8. The van der Waals surface area contributed by atoms with Crippen molar-refractivity contribution in [2.45, 2.75) is 32.7 Å². The Morgan fingerprint density at radius 3 is 2.65 bits per heavy atom. The van der Waals surface area contributed by atoms with Crippen molar-refractivity contribution in [3.63, 3.8) is 0 Å². The molecule has 0 aliphatic carbocycles. The summed E-state index contributed by atoms with van der Waals surface area (Å²) in [4.78, 5) is 17.2. The van der Waals surface area contributed by atoms with E-state index in [1.807, 2.05) is 55.5 Å². The number of carbonyl (C=O) groups is 1. The summed E-state index contributed by atoms with van der Waals surface area (Å²) >= 11 is 5.91. The number of fused-ring (bicyclic) bond motifs is 1. The van der Waals surface area contributed by atoms with Crippen molar-refractivity contribution < 1.29 is 14.3 Å². The van der Waals surface area contributed by atoms with Crippen molar-refractivity contribution in [1.29, 1.82) is 0 Å². The summed E-state index contributed by atoms with van der Waals surface area (Å²) in [6.07, 6.45) is 6.39. The average Bonchev–Trinajstić information content (AvgIpc) is 3.27. The molecule has 0 unspecified atom stereocenters. The van der Waals surface area contributed by atoms with Gasteiger partial charge in [0, 0.05) is 30.1 Å². The third-order valence-corrected chi connectivity index (χ3v) is 6.29. The molecule has 0 spiro atoms. The van der Waals surface area contributed by atoms with Crippen LogP contribution < -0.4 is 14.8 Å². The van der Waals surface area contributed by atoms with Crippen LogP contribution >= 0.6 is 11.6 Å². The SMILES string of the molecule is C/C=C/c1ccc(OCCCn2c(CCCNC(=O)c3ccc(Cl)cc3)nc3ccccc32)c(OC)c1. The number of ether oxygens (including phenoxy) is 2. The van der Waals surface area contributed by atoms with Gasteiger partial charge in [-0.05, 0) is 73.9 Å². The molecule has 1 aromatic heterocycles. The number of carbonyl (C=O) groups excluding carboxylic acids is 1. The zero-order valence-electron chi connectivity index (χ0n) is 21.2. The maximum Gasteiger partial charge on any atom is 0.251 e. The molecule has 37 heavy (non-hydrogen) atoms. The highest BCUT2D eigenvalue weighted by Gasteiger charge is 2.12. The molecule has 0 fully saturated rings. The van der Waals surface area contributed by atoms with Gasteiger partial charge in [-0.15, -0.1) is 0 Å². The monoisotopic (exact) mass is 517 g/mol. The predicted molar refractivity (Wildman–Crippen MR) is 150 cm³/mol. The lowest BCUT2D eigenvalue weighted by Gasteiger charge is -2.13. The summed E-state index contributed by atoms with van der Waals surface area (Å²) in [6.45, 7) is 3.90. The average molecular weight is 518 g/mol. The van der Waals surface area contributed by atoms with Gasteiger partial charge in [-0.25, -0.2) is 4.98 Å². The van der Waals surface area contributed by atoms with Crippen molar-refractivity contribution in [2.75, 3.05) is 20.3 Å². The number of nitrogens with zero attached hydrogens (tertiary/aromatic N) is 2. The molecule has 3 aromatic carbocycles. The number of allylic oxidation sites excluding steroid dienone is 1. The van der Waals surface area contributed by atoms with Crippen molar-refractivity contribution in [3.05, 3.63) is 94.8 Å². The summed E-state index contributed by atoms with van der Waals surface area (Å²) in [7, 11) is 1.66. The third kappa shape index (κ3) is 6.92. The van der Waals surface area contributed by atoms with Crippen LogP contribution in [0, 0.1) is 0 Å². The van der Waals surface area contributed by atoms with E-state index < -0.39 is 0 Å². The van der Waals surface area contributed by atoms with Crippen LogP contribution in [0.15, 0.2) is 72.8 Å². The van der Waals surface area contributed by atoms with Crippen molar-refractivity contribution in [3.8, 4) is 11.5 Å². The number of imidazole rings is 1. The largest absolute Gasteiger partial charge is 0.493 e. The number of hydrogen-bond donors (Lipinski definition) is 1. The first-order chi connectivity index (χ1) is 18.1. The lowest BCUT2D eigenvalue weighted by Crippen LogP contribution is -2.25. The zero-order chi connectivity index (χ0) is 26.0. The number of rotatable bonds is 12. The van der Waals surface area contributed by atoms with Crippen LogP contribution in [0.1, 0.15) is 41.5 Å². The van der Waals surface area contributed by atoms with Gasteiger partial charge < -0.3 is 19.4 Å². The minimum absolute atomic E-state index is 0.100. The number of benzene rings is 3. The molecule has 1 N–H and O–H groups in total. The molecule has 1 heterocycles. The fourth-order valence-electron chi connectivity index (χ4n) is 4.22. The fraction of sp³-hybridized carbons (Fsp3) is 0.267. The second-order valence-electron chi connectivity index (χ2n) is 8.65. The van der Waals surface area contributed by atoms with Crippen LogP contribution in [-0.4, -0.2) is 35.7 Å². The summed E-state index contributed by atoms with van der Waals surface area (Å²) in [6, 6.07) is 21.0. The molecule has 0 aliphatic rings. The standard InChI is InChI=1S/C30H32ClN3O3/c1-3-8-22-12-17-27(28(21-22)36-2)37-20-7-19-34-26-10-5-4-9-25(26)33-29(34)11-6-18-32-30(35)23-13-15-24(31)16-14-23/h3-5,8-10,12-17,21H,6-7,11,18-20H2,1-2H3,(H,32,35)/b8-3+. The lowest BCUT2D eigenvalue weighted by atomic mass is 10.2. The normalized spacial score (nSPS) is 11.2. The zero-order valence-corrected chi connectivity index (χ0v) is 22.0. The number of hydrogen-bond acceptors (Lipinski definition) is 4. The molecule has 0 atom stereocenters. The van der Waals surface area contributed by atoms with Gasteiger partial charge in [0.05, 0.1) is 24.8 Å². The molecule has 192 valence electrons. The summed E-state index contributed by atoms with van der Waals surface area (Å²) in [5.41, 5.74) is 3.76. The van der Waals surface area contributed by atoms with Gasteiger partial charge in [-0.3, -0.25) is 4.79 Å². The highest BCUT2D eigenvalue weighted by atomic mass is 35.5. The van der Waals surface area contributed by atoms with Crippen LogP contribution in [0.4, 0.5) is 0 Å². The van der Waals surface area contributed by atoms with Crippen LogP contribution in [0.3, 0.4) is 0 Å². The third-order valence-electron chi connectivity index (χ3n) is 6.03. The first-order valence-corrected chi connectivity index (χ1v) is 12.9. The first kappa shape index (κ1) is 26.3. The van der Waals surface area contributed by atoms with E-state index in [-0.39, 0.29) is 5.91 Å². The Kier molecular flexibility index (Phi) is 9.22. The Bertz CT molecular complexity index is 1360. The highest BCUT2D eigenvalue weighted by molar-refractivity contribution is 6.30. The second kappa shape index (κ2) is 13.0. The van der Waals surface area contributed by atoms with E-state index in [0.717, 1.165) is 59.7 Å². The molecule has 0 radical (unpaired) electrons. The van der Waals surface area contributed by atoms with E-state index in [4.69, 9.17) is 26.1 Å². The number of halogens is 1. The molecule has 0 saturated heterocycles. The molecule has 4 rings (SSSR count). The first-order valence-electron chi connectivity index (χ1n) is 12.5. The summed E-state index contributed by atoms with van der Waals surface area (Å²) in [5.74, 6) is 2.37. The maximum absolute atomic E-state index is 12.4. The number of amides is 1. The second-order valence-corrected chi connectivity index (χ2v) is 9.08.